The van der Waals surface area contributed by atoms with Crippen molar-refractivity contribution in [3.05, 3.63) is 70.0 Å². The normalized spacial score (nSPS) is 15.4. The molecule has 4 rings (SSSR count). The second kappa shape index (κ2) is 6.54. The molecule has 0 fully saturated rings. The summed E-state index contributed by atoms with van der Waals surface area (Å²) < 4.78 is 2.76. The fraction of sp³-hybridized carbons (Fsp3) is 0.235. The molecule has 6 nitrogen and oxygen atoms in total. The minimum Gasteiger partial charge on any atom is -0.280 e. The van der Waals surface area contributed by atoms with E-state index in [4.69, 9.17) is 0 Å². The highest BCUT2D eigenvalue weighted by Gasteiger charge is 2.16. The SMILES string of the molecule is O=c1n(CN2CC=C(c3ccccc3)CC2)nnn1-c1cccs1. The van der Waals surface area contributed by atoms with E-state index in [1.807, 2.05) is 23.6 Å². The molecule has 7 heteroatoms. The number of aromatic nitrogens is 4. The van der Waals surface area contributed by atoms with Gasteiger partial charge in [0, 0.05) is 13.1 Å². The molecule has 0 saturated heterocycles. The quantitative estimate of drug-likeness (QED) is 0.731. The van der Waals surface area contributed by atoms with Crippen LogP contribution in [0.15, 0.2) is 58.7 Å². The molecular formula is C17H17N5OS. The Kier molecular flexibility index (Phi) is 4.10. The molecule has 3 heterocycles. The van der Waals surface area contributed by atoms with Gasteiger partial charge >= 0.3 is 5.69 Å². The van der Waals surface area contributed by atoms with Gasteiger partial charge in [0.25, 0.3) is 0 Å². The van der Waals surface area contributed by atoms with Gasteiger partial charge in [-0.25, -0.2) is 4.79 Å². The number of rotatable bonds is 4. The van der Waals surface area contributed by atoms with E-state index in [-0.39, 0.29) is 5.69 Å². The Labute approximate surface area is 143 Å². The van der Waals surface area contributed by atoms with E-state index in [9.17, 15) is 4.79 Å². The van der Waals surface area contributed by atoms with Crippen LogP contribution in [0.3, 0.4) is 0 Å². The molecule has 3 aromatic rings. The maximum atomic E-state index is 12.4. The van der Waals surface area contributed by atoms with Crippen LogP contribution in [0.2, 0.25) is 0 Å². The fourth-order valence-corrected chi connectivity index (χ4v) is 3.50. The molecule has 0 amide bonds. The van der Waals surface area contributed by atoms with Gasteiger partial charge < -0.3 is 0 Å². The van der Waals surface area contributed by atoms with Crippen molar-refractivity contribution < 1.29 is 0 Å². The van der Waals surface area contributed by atoms with Crippen molar-refractivity contribution in [3.8, 4) is 5.00 Å². The Morgan fingerprint density at radius 3 is 2.67 bits per heavy atom. The molecule has 122 valence electrons. The van der Waals surface area contributed by atoms with Gasteiger partial charge in [-0.3, -0.25) is 4.90 Å². The summed E-state index contributed by atoms with van der Waals surface area (Å²) in [5.74, 6) is 0. The largest absolute Gasteiger partial charge is 0.370 e. The van der Waals surface area contributed by atoms with Crippen LogP contribution in [0, 0.1) is 0 Å². The third-order valence-corrected chi connectivity index (χ3v) is 4.97. The number of tetrazole rings is 1. The summed E-state index contributed by atoms with van der Waals surface area (Å²) >= 11 is 1.47. The van der Waals surface area contributed by atoms with Crippen LogP contribution in [0.1, 0.15) is 12.0 Å². The van der Waals surface area contributed by atoms with Crippen LogP contribution in [-0.4, -0.2) is 37.8 Å². The van der Waals surface area contributed by atoms with E-state index in [2.05, 4.69) is 45.7 Å². The number of hydrogen-bond donors (Lipinski definition) is 0. The Balaban J connectivity index is 1.46. The number of benzene rings is 1. The minimum atomic E-state index is -0.199. The van der Waals surface area contributed by atoms with Crippen LogP contribution in [0.25, 0.3) is 10.6 Å². The maximum absolute atomic E-state index is 12.4. The van der Waals surface area contributed by atoms with Crippen molar-refractivity contribution >= 4 is 16.9 Å². The topological polar surface area (TPSA) is 56.0 Å². The smallest absolute Gasteiger partial charge is 0.280 e. The molecule has 1 aliphatic heterocycles. The first-order valence-electron chi connectivity index (χ1n) is 7.85. The summed E-state index contributed by atoms with van der Waals surface area (Å²) in [6.07, 6.45) is 3.20. The van der Waals surface area contributed by atoms with E-state index in [1.54, 1.807) is 0 Å². The zero-order valence-corrected chi connectivity index (χ0v) is 13.9. The lowest BCUT2D eigenvalue weighted by molar-refractivity contribution is 0.222. The van der Waals surface area contributed by atoms with E-state index >= 15 is 0 Å². The molecule has 1 aliphatic rings. The first kappa shape index (κ1) is 15.0. The van der Waals surface area contributed by atoms with Crippen molar-refractivity contribution in [2.45, 2.75) is 13.1 Å². The second-order valence-electron chi connectivity index (χ2n) is 5.69. The van der Waals surface area contributed by atoms with E-state index in [0.717, 1.165) is 24.5 Å². The molecule has 24 heavy (non-hydrogen) atoms. The Morgan fingerprint density at radius 2 is 1.96 bits per heavy atom. The van der Waals surface area contributed by atoms with Crippen LogP contribution in [0.5, 0.6) is 0 Å². The van der Waals surface area contributed by atoms with Gasteiger partial charge in [0.05, 0.1) is 0 Å². The Bertz CT molecular complexity index is 895. The van der Waals surface area contributed by atoms with Crippen molar-refractivity contribution in [3.63, 3.8) is 0 Å². The third kappa shape index (κ3) is 2.95. The summed E-state index contributed by atoms with van der Waals surface area (Å²) in [4.78, 5) is 14.6. The van der Waals surface area contributed by atoms with Gasteiger partial charge in [-0.1, -0.05) is 36.4 Å². The maximum Gasteiger partial charge on any atom is 0.370 e. The first-order valence-corrected chi connectivity index (χ1v) is 8.73. The summed E-state index contributed by atoms with van der Waals surface area (Å²) in [6, 6.07) is 14.2. The molecular weight excluding hydrogens is 322 g/mol. The van der Waals surface area contributed by atoms with Crippen LogP contribution in [0.4, 0.5) is 0 Å². The lowest BCUT2D eigenvalue weighted by Crippen LogP contribution is -2.35. The van der Waals surface area contributed by atoms with Crippen molar-refractivity contribution in [2.75, 3.05) is 13.1 Å². The Morgan fingerprint density at radius 1 is 1.08 bits per heavy atom. The average molecular weight is 339 g/mol. The summed E-state index contributed by atoms with van der Waals surface area (Å²) in [5.41, 5.74) is 2.44. The van der Waals surface area contributed by atoms with Crippen molar-refractivity contribution in [2.24, 2.45) is 0 Å². The lowest BCUT2D eigenvalue weighted by atomic mass is 10.00. The minimum absolute atomic E-state index is 0.199. The number of hydrogen-bond acceptors (Lipinski definition) is 5. The predicted octanol–water partition coefficient (Wildman–Crippen LogP) is 2.24. The molecule has 0 radical (unpaired) electrons. The predicted molar refractivity (Wildman–Crippen MR) is 94.1 cm³/mol. The Hall–Kier alpha value is -2.51. The van der Waals surface area contributed by atoms with Crippen molar-refractivity contribution in [1.82, 2.24) is 24.7 Å². The standard InChI is InChI=1S/C17H17N5OS/c23-17-21(18-19-22(17)16-7-4-12-24-16)13-20-10-8-15(9-11-20)14-5-2-1-3-6-14/h1-8,12H,9-11,13H2. The zero-order valence-electron chi connectivity index (χ0n) is 13.1. The molecule has 1 aromatic carbocycles. The van der Waals surface area contributed by atoms with E-state index < -0.39 is 0 Å². The summed E-state index contributed by atoms with van der Waals surface area (Å²) in [6.45, 7) is 2.17. The van der Waals surface area contributed by atoms with Gasteiger partial charge in [-0.05, 0) is 45.5 Å². The van der Waals surface area contributed by atoms with Crippen LogP contribution in [-0.2, 0) is 6.67 Å². The molecule has 0 atom stereocenters. The summed E-state index contributed by atoms with van der Waals surface area (Å²) in [7, 11) is 0. The number of nitrogens with zero attached hydrogens (tertiary/aromatic N) is 5. The number of thiophene rings is 1. The molecule has 0 N–H and O–H groups in total. The van der Waals surface area contributed by atoms with Crippen molar-refractivity contribution in [1.29, 1.82) is 0 Å². The summed E-state index contributed by atoms with van der Waals surface area (Å²) in [5, 5.41) is 10.7. The molecule has 0 saturated carbocycles. The van der Waals surface area contributed by atoms with Gasteiger partial charge in [-0.15, -0.1) is 11.3 Å². The van der Waals surface area contributed by atoms with E-state index in [1.165, 1.54) is 31.8 Å². The monoisotopic (exact) mass is 339 g/mol. The van der Waals surface area contributed by atoms with Gasteiger partial charge in [0.1, 0.15) is 11.7 Å². The van der Waals surface area contributed by atoms with E-state index in [0.29, 0.717) is 6.67 Å². The average Bonchev–Trinajstić information content (AvgIpc) is 3.27. The van der Waals surface area contributed by atoms with Crippen LogP contribution < -0.4 is 5.69 Å². The highest BCUT2D eigenvalue weighted by molar-refractivity contribution is 7.12. The molecule has 0 unspecified atom stereocenters. The fourth-order valence-electron chi connectivity index (χ4n) is 2.84. The highest BCUT2D eigenvalue weighted by atomic mass is 32.1. The lowest BCUT2D eigenvalue weighted by Gasteiger charge is -2.25. The molecule has 0 aliphatic carbocycles. The highest BCUT2D eigenvalue weighted by Crippen LogP contribution is 2.22. The molecule has 0 spiro atoms. The van der Waals surface area contributed by atoms with Gasteiger partial charge in [0.15, 0.2) is 0 Å². The van der Waals surface area contributed by atoms with Gasteiger partial charge in [-0.2, -0.15) is 9.36 Å². The second-order valence-corrected chi connectivity index (χ2v) is 6.61. The van der Waals surface area contributed by atoms with Crippen LogP contribution >= 0.6 is 11.3 Å². The third-order valence-electron chi connectivity index (χ3n) is 4.13. The first-order chi connectivity index (χ1) is 11.8. The molecule has 2 aromatic heterocycles. The molecule has 0 bridgehead atoms. The van der Waals surface area contributed by atoms with Gasteiger partial charge in [0.2, 0.25) is 0 Å². The zero-order chi connectivity index (χ0) is 16.4.